The first kappa shape index (κ1) is 15.0. The number of aryl methyl sites for hydroxylation is 1. The lowest BCUT2D eigenvalue weighted by Crippen LogP contribution is -2.23. The van der Waals surface area contributed by atoms with E-state index >= 15 is 0 Å². The van der Waals surface area contributed by atoms with Crippen molar-refractivity contribution < 1.29 is 8.78 Å². The van der Waals surface area contributed by atoms with Crippen molar-refractivity contribution in [3.05, 3.63) is 34.9 Å². The summed E-state index contributed by atoms with van der Waals surface area (Å²) in [5, 5.41) is 0. The lowest BCUT2D eigenvalue weighted by molar-refractivity contribution is 0.185. The molecule has 1 aromatic rings. The van der Waals surface area contributed by atoms with Crippen LogP contribution in [-0.2, 0) is 0 Å². The summed E-state index contributed by atoms with van der Waals surface area (Å²) in [5.74, 6) is 0.706. The van der Waals surface area contributed by atoms with Crippen LogP contribution in [0.4, 0.5) is 8.78 Å². The van der Waals surface area contributed by atoms with Gasteiger partial charge in [-0.2, -0.15) is 0 Å². The van der Waals surface area contributed by atoms with Crippen molar-refractivity contribution in [1.82, 2.24) is 0 Å². The van der Waals surface area contributed by atoms with Gasteiger partial charge in [0.05, 0.1) is 0 Å². The molecule has 0 nitrogen and oxygen atoms in total. The van der Waals surface area contributed by atoms with Crippen molar-refractivity contribution in [3.63, 3.8) is 0 Å². The van der Waals surface area contributed by atoms with Gasteiger partial charge in [0.1, 0.15) is 0 Å². The van der Waals surface area contributed by atoms with Gasteiger partial charge in [0.2, 0.25) is 0 Å². The van der Waals surface area contributed by atoms with E-state index in [9.17, 15) is 8.78 Å². The van der Waals surface area contributed by atoms with Crippen molar-refractivity contribution in [2.24, 2.45) is 11.8 Å². The Morgan fingerprint density at radius 2 is 1.38 bits per heavy atom. The zero-order valence-corrected chi connectivity index (χ0v) is 13.0. The van der Waals surface area contributed by atoms with E-state index in [1.807, 2.05) is 0 Å². The van der Waals surface area contributed by atoms with E-state index in [0.717, 1.165) is 24.7 Å². The van der Waals surface area contributed by atoms with Crippen LogP contribution >= 0.6 is 0 Å². The third-order valence-corrected chi connectivity index (χ3v) is 5.83. The molecule has 1 aromatic carbocycles. The minimum absolute atomic E-state index is 0.222. The van der Waals surface area contributed by atoms with Gasteiger partial charge in [-0.3, -0.25) is 0 Å². The van der Waals surface area contributed by atoms with Crippen LogP contribution in [0, 0.1) is 30.4 Å². The third kappa shape index (κ3) is 3.14. The summed E-state index contributed by atoms with van der Waals surface area (Å²) in [6, 6.07) is 3.53. The van der Waals surface area contributed by atoms with Gasteiger partial charge in [-0.25, -0.2) is 8.78 Å². The van der Waals surface area contributed by atoms with Gasteiger partial charge < -0.3 is 0 Å². The number of benzene rings is 1. The summed E-state index contributed by atoms with van der Waals surface area (Å²) in [5.41, 5.74) is 1.02. The smallest absolute Gasteiger partial charge is 0.162 e. The van der Waals surface area contributed by atoms with Crippen LogP contribution < -0.4 is 0 Å². The normalized spacial score (nSPS) is 27.8. The summed E-state index contributed by atoms with van der Waals surface area (Å²) < 4.78 is 27.9. The second-order valence-electron chi connectivity index (χ2n) is 7.11. The largest absolute Gasteiger partial charge is 0.203 e. The molecule has 2 heteroatoms. The molecule has 0 heterocycles. The molecular weight excluding hydrogens is 266 g/mol. The Hall–Kier alpha value is -0.920. The van der Waals surface area contributed by atoms with Crippen LogP contribution in [0.25, 0.3) is 0 Å². The Morgan fingerprint density at radius 3 is 2.05 bits per heavy atom. The number of halogens is 2. The Morgan fingerprint density at radius 1 is 0.762 bits per heavy atom. The van der Waals surface area contributed by atoms with Crippen molar-refractivity contribution in [2.75, 3.05) is 0 Å². The summed E-state index contributed by atoms with van der Waals surface area (Å²) >= 11 is 0. The summed E-state index contributed by atoms with van der Waals surface area (Å²) in [6.45, 7) is 1.63. The molecule has 0 aromatic heterocycles. The molecule has 2 aliphatic carbocycles. The van der Waals surface area contributed by atoms with E-state index in [1.54, 1.807) is 19.1 Å². The summed E-state index contributed by atoms with van der Waals surface area (Å²) in [6.07, 6.45) is 11.4. The van der Waals surface area contributed by atoms with E-state index in [1.165, 1.54) is 44.9 Å². The zero-order valence-electron chi connectivity index (χ0n) is 13.0. The van der Waals surface area contributed by atoms with Crippen LogP contribution in [0.1, 0.15) is 74.8 Å². The number of hydrogen-bond donors (Lipinski definition) is 0. The number of rotatable bonds is 2. The molecule has 2 aliphatic rings. The molecule has 0 N–H and O–H groups in total. The molecule has 0 spiro atoms. The van der Waals surface area contributed by atoms with Crippen LogP contribution in [0.3, 0.4) is 0 Å². The highest BCUT2D eigenvalue weighted by molar-refractivity contribution is 5.28. The standard InChI is InChI=1S/C19H26F2/c1-13-7-12-17(19(21)18(13)20)16-10-8-15(9-11-16)14-5-3-2-4-6-14/h7,12,14-16H,2-6,8-11H2,1H3. The van der Waals surface area contributed by atoms with Gasteiger partial charge in [-0.05, 0) is 61.5 Å². The Balaban J connectivity index is 1.64. The van der Waals surface area contributed by atoms with Crippen LogP contribution in [0.5, 0.6) is 0 Å². The van der Waals surface area contributed by atoms with Gasteiger partial charge in [0.25, 0.3) is 0 Å². The second-order valence-corrected chi connectivity index (χ2v) is 7.11. The van der Waals surface area contributed by atoms with E-state index in [2.05, 4.69) is 0 Å². The number of hydrogen-bond acceptors (Lipinski definition) is 0. The summed E-state index contributed by atoms with van der Waals surface area (Å²) in [4.78, 5) is 0. The van der Waals surface area contributed by atoms with Gasteiger partial charge in [0.15, 0.2) is 11.6 Å². The first-order chi connectivity index (χ1) is 10.2. The minimum Gasteiger partial charge on any atom is -0.203 e. The van der Waals surface area contributed by atoms with Gasteiger partial charge in [0, 0.05) is 0 Å². The molecule has 0 aliphatic heterocycles. The van der Waals surface area contributed by atoms with E-state index in [4.69, 9.17) is 0 Å². The van der Waals surface area contributed by atoms with Crippen molar-refractivity contribution >= 4 is 0 Å². The predicted octanol–water partition coefficient (Wildman–Crippen LogP) is 6.13. The molecule has 0 saturated heterocycles. The molecule has 0 amide bonds. The quantitative estimate of drug-likeness (QED) is 0.615. The fourth-order valence-corrected chi connectivity index (χ4v) is 4.48. The lowest BCUT2D eigenvalue weighted by Gasteiger charge is -2.36. The summed E-state index contributed by atoms with van der Waals surface area (Å²) in [7, 11) is 0. The Labute approximate surface area is 126 Å². The van der Waals surface area contributed by atoms with Crippen LogP contribution in [-0.4, -0.2) is 0 Å². The topological polar surface area (TPSA) is 0 Å². The highest BCUT2D eigenvalue weighted by atomic mass is 19.2. The fraction of sp³-hybridized carbons (Fsp3) is 0.684. The lowest BCUT2D eigenvalue weighted by atomic mass is 9.70. The maximum atomic E-state index is 14.1. The fourth-order valence-electron chi connectivity index (χ4n) is 4.48. The highest BCUT2D eigenvalue weighted by Gasteiger charge is 2.30. The Kier molecular flexibility index (Phi) is 4.61. The average Bonchev–Trinajstić information content (AvgIpc) is 2.54. The third-order valence-electron chi connectivity index (χ3n) is 5.83. The first-order valence-corrected chi connectivity index (χ1v) is 8.61. The van der Waals surface area contributed by atoms with Gasteiger partial charge >= 0.3 is 0 Å². The van der Waals surface area contributed by atoms with Crippen LogP contribution in [0.2, 0.25) is 0 Å². The van der Waals surface area contributed by atoms with Gasteiger partial charge in [-0.1, -0.05) is 44.2 Å². The molecule has 21 heavy (non-hydrogen) atoms. The van der Waals surface area contributed by atoms with E-state index in [0.29, 0.717) is 11.1 Å². The molecule has 2 saturated carbocycles. The van der Waals surface area contributed by atoms with Crippen molar-refractivity contribution in [3.8, 4) is 0 Å². The van der Waals surface area contributed by atoms with E-state index in [-0.39, 0.29) is 5.92 Å². The molecule has 2 fully saturated rings. The highest BCUT2D eigenvalue weighted by Crippen LogP contribution is 2.43. The predicted molar refractivity (Wildman–Crippen MR) is 82.4 cm³/mol. The second kappa shape index (κ2) is 6.46. The molecule has 0 bridgehead atoms. The zero-order chi connectivity index (χ0) is 14.8. The van der Waals surface area contributed by atoms with Crippen molar-refractivity contribution in [2.45, 2.75) is 70.6 Å². The molecule has 116 valence electrons. The maximum absolute atomic E-state index is 14.1. The van der Waals surface area contributed by atoms with E-state index < -0.39 is 11.6 Å². The van der Waals surface area contributed by atoms with Crippen molar-refractivity contribution in [1.29, 1.82) is 0 Å². The molecule has 0 radical (unpaired) electrons. The molecular formula is C19H26F2. The minimum atomic E-state index is -0.651. The van der Waals surface area contributed by atoms with Gasteiger partial charge in [-0.15, -0.1) is 0 Å². The molecule has 0 atom stereocenters. The van der Waals surface area contributed by atoms with Crippen LogP contribution in [0.15, 0.2) is 12.1 Å². The maximum Gasteiger partial charge on any atom is 0.162 e. The first-order valence-electron chi connectivity index (χ1n) is 8.61. The average molecular weight is 292 g/mol. The Bertz CT molecular complexity index is 481. The molecule has 3 rings (SSSR count). The monoisotopic (exact) mass is 292 g/mol. The SMILES string of the molecule is Cc1ccc(C2CCC(C3CCCCC3)CC2)c(F)c1F. The molecule has 0 unspecified atom stereocenters.